The van der Waals surface area contributed by atoms with E-state index in [0.717, 1.165) is 17.7 Å². The molecule has 0 spiro atoms. The molecule has 0 bridgehead atoms. The predicted octanol–water partition coefficient (Wildman–Crippen LogP) is 1.21. The number of anilines is 1. The Morgan fingerprint density at radius 1 is 1.19 bits per heavy atom. The number of para-hydroxylation sites is 1. The summed E-state index contributed by atoms with van der Waals surface area (Å²) in [6.45, 7) is 4.72. The quantitative estimate of drug-likeness (QED) is 0.785. The van der Waals surface area contributed by atoms with Crippen LogP contribution in [0, 0.1) is 0 Å². The van der Waals surface area contributed by atoms with Crippen molar-refractivity contribution >= 4 is 17.5 Å². The molecule has 0 radical (unpaired) electrons. The van der Waals surface area contributed by atoms with E-state index in [1.54, 1.807) is 0 Å². The van der Waals surface area contributed by atoms with E-state index in [9.17, 15) is 9.59 Å². The number of carbonyl (C=O) groups excluding carboxylic acids is 2. The van der Waals surface area contributed by atoms with Crippen LogP contribution in [-0.4, -0.2) is 49.1 Å². The van der Waals surface area contributed by atoms with Crippen molar-refractivity contribution in [2.24, 2.45) is 0 Å². The number of hydrogen-bond acceptors (Lipinski definition) is 4. The van der Waals surface area contributed by atoms with Gasteiger partial charge in [-0.05, 0) is 18.1 Å². The first-order valence-electron chi connectivity index (χ1n) is 7.49. The fourth-order valence-corrected chi connectivity index (χ4v) is 3.07. The molecule has 2 aliphatic heterocycles. The highest BCUT2D eigenvalue weighted by atomic mass is 16.5. The van der Waals surface area contributed by atoms with Gasteiger partial charge in [0, 0.05) is 13.1 Å². The zero-order chi connectivity index (χ0) is 14.8. The van der Waals surface area contributed by atoms with Crippen LogP contribution in [0.25, 0.3) is 0 Å². The third-order valence-corrected chi connectivity index (χ3v) is 4.22. The second-order valence-corrected chi connectivity index (χ2v) is 5.42. The van der Waals surface area contributed by atoms with Crippen molar-refractivity contribution in [1.82, 2.24) is 4.90 Å². The second-order valence-electron chi connectivity index (χ2n) is 5.42. The Labute approximate surface area is 124 Å². The average Bonchev–Trinajstić information content (AvgIpc) is 2.83. The fraction of sp³-hybridized carbons (Fsp3) is 0.500. The van der Waals surface area contributed by atoms with E-state index in [0.29, 0.717) is 26.3 Å². The van der Waals surface area contributed by atoms with Crippen LogP contribution in [0.3, 0.4) is 0 Å². The minimum absolute atomic E-state index is 0.0946. The van der Waals surface area contributed by atoms with E-state index in [4.69, 9.17) is 4.74 Å². The zero-order valence-corrected chi connectivity index (χ0v) is 12.2. The van der Waals surface area contributed by atoms with E-state index in [1.807, 2.05) is 31.2 Å². The van der Waals surface area contributed by atoms with Crippen LogP contribution in [0.5, 0.6) is 0 Å². The maximum atomic E-state index is 12.7. The number of hydrogen-bond donors (Lipinski definition) is 0. The third kappa shape index (κ3) is 2.59. The zero-order valence-electron chi connectivity index (χ0n) is 12.2. The van der Waals surface area contributed by atoms with Gasteiger partial charge in [0.15, 0.2) is 0 Å². The summed E-state index contributed by atoms with van der Waals surface area (Å²) in [5, 5.41) is 0. The maximum Gasteiger partial charge on any atom is 0.251 e. The van der Waals surface area contributed by atoms with Gasteiger partial charge >= 0.3 is 0 Å². The third-order valence-electron chi connectivity index (χ3n) is 4.22. The molecule has 5 nitrogen and oxygen atoms in total. The number of carbonyl (C=O) groups is 2. The Kier molecular flexibility index (Phi) is 4.03. The van der Waals surface area contributed by atoms with Crippen molar-refractivity contribution in [2.45, 2.75) is 25.8 Å². The van der Waals surface area contributed by atoms with E-state index in [2.05, 4.69) is 4.90 Å². The number of morpholine rings is 1. The molecular weight excluding hydrogens is 268 g/mol. The molecule has 2 saturated heterocycles. The summed E-state index contributed by atoms with van der Waals surface area (Å²) >= 11 is 0. The summed E-state index contributed by atoms with van der Waals surface area (Å²) < 4.78 is 5.32. The molecular formula is C16H20N2O3. The van der Waals surface area contributed by atoms with Gasteiger partial charge in [-0.15, -0.1) is 0 Å². The van der Waals surface area contributed by atoms with Gasteiger partial charge in [-0.25, -0.2) is 4.90 Å². The lowest BCUT2D eigenvalue weighted by Crippen LogP contribution is -2.47. The van der Waals surface area contributed by atoms with Crippen LogP contribution >= 0.6 is 0 Å². The van der Waals surface area contributed by atoms with Crippen molar-refractivity contribution < 1.29 is 14.3 Å². The molecule has 0 unspecified atom stereocenters. The van der Waals surface area contributed by atoms with Gasteiger partial charge in [0.25, 0.3) is 5.91 Å². The van der Waals surface area contributed by atoms with E-state index in [-0.39, 0.29) is 24.3 Å². The predicted molar refractivity (Wildman–Crippen MR) is 79.1 cm³/mol. The van der Waals surface area contributed by atoms with Gasteiger partial charge < -0.3 is 4.74 Å². The molecule has 2 aliphatic rings. The SMILES string of the molecule is CCc1ccccc1N1C(=O)C[C@H](N2CCOCC2)C1=O. The number of amides is 2. The summed E-state index contributed by atoms with van der Waals surface area (Å²) in [5.41, 5.74) is 1.77. The number of imide groups is 1. The molecule has 5 heteroatoms. The smallest absolute Gasteiger partial charge is 0.251 e. The normalized spacial score (nSPS) is 23.9. The summed E-state index contributed by atoms with van der Waals surface area (Å²) in [6, 6.07) is 7.31. The highest BCUT2D eigenvalue weighted by Gasteiger charge is 2.43. The Hall–Kier alpha value is -1.72. The van der Waals surface area contributed by atoms with Crippen molar-refractivity contribution in [3.63, 3.8) is 0 Å². The maximum absolute atomic E-state index is 12.7. The summed E-state index contributed by atoms with van der Waals surface area (Å²) in [6.07, 6.45) is 1.08. The minimum atomic E-state index is -0.327. The van der Waals surface area contributed by atoms with Gasteiger partial charge in [0.05, 0.1) is 31.4 Å². The van der Waals surface area contributed by atoms with Crippen molar-refractivity contribution in [3.8, 4) is 0 Å². The van der Waals surface area contributed by atoms with E-state index >= 15 is 0 Å². The first-order valence-corrected chi connectivity index (χ1v) is 7.49. The van der Waals surface area contributed by atoms with Gasteiger partial charge in [-0.2, -0.15) is 0 Å². The summed E-state index contributed by atoms with van der Waals surface area (Å²) in [5.74, 6) is -0.194. The van der Waals surface area contributed by atoms with Crippen LogP contribution in [0.1, 0.15) is 18.9 Å². The number of rotatable bonds is 3. The van der Waals surface area contributed by atoms with E-state index in [1.165, 1.54) is 4.90 Å². The highest BCUT2D eigenvalue weighted by molar-refractivity contribution is 6.22. The first kappa shape index (κ1) is 14.2. The summed E-state index contributed by atoms with van der Waals surface area (Å²) in [7, 11) is 0. The molecule has 1 aromatic carbocycles. The van der Waals surface area contributed by atoms with Gasteiger partial charge in [0.2, 0.25) is 5.91 Å². The van der Waals surface area contributed by atoms with Gasteiger partial charge in [-0.1, -0.05) is 25.1 Å². The molecule has 2 fully saturated rings. The molecule has 21 heavy (non-hydrogen) atoms. The van der Waals surface area contributed by atoms with Crippen LogP contribution in [0.2, 0.25) is 0 Å². The summed E-state index contributed by atoms with van der Waals surface area (Å²) in [4.78, 5) is 28.5. The largest absolute Gasteiger partial charge is 0.379 e. The molecule has 0 N–H and O–H groups in total. The van der Waals surface area contributed by atoms with Gasteiger partial charge in [-0.3, -0.25) is 14.5 Å². The number of benzene rings is 1. The molecule has 112 valence electrons. The van der Waals surface area contributed by atoms with Crippen LogP contribution in [0.4, 0.5) is 5.69 Å². The van der Waals surface area contributed by atoms with E-state index < -0.39 is 0 Å². The molecule has 0 aromatic heterocycles. The Bertz CT molecular complexity index is 552. The topological polar surface area (TPSA) is 49.9 Å². The fourth-order valence-electron chi connectivity index (χ4n) is 3.07. The van der Waals surface area contributed by atoms with Gasteiger partial charge in [0.1, 0.15) is 0 Å². The lowest BCUT2D eigenvalue weighted by atomic mass is 10.1. The monoisotopic (exact) mass is 288 g/mol. The van der Waals surface area contributed by atoms with Crippen LogP contribution < -0.4 is 4.90 Å². The van der Waals surface area contributed by atoms with Crippen LogP contribution in [0.15, 0.2) is 24.3 Å². The van der Waals surface area contributed by atoms with Crippen molar-refractivity contribution in [1.29, 1.82) is 0 Å². The number of aryl methyl sites for hydroxylation is 1. The Morgan fingerprint density at radius 3 is 2.62 bits per heavy atom. The molecule has 1 atom stereocenters. The molecule has 1 aromatic rings. The van der Waals surface area contributed by atoms with Crippen molar-refractivity contribution in [2.75, 3.05) is 31.2 Å². The number of ether oxygens (including phenoxy) is 1. The Morgan fingerprint density at radius 2 is 1.90 bits per heavy atom. The first-order chi connectivity index (χ1) is 10.2. The lowest BCUT2D eigenvalue weighted by Gasteiger charge is -2.30. The average molecular weight is 288 g/mol. The molecule has 3 rings (SSSR count). The lowest BCUT2D eigenvalue weighted by molar-refractivity contribution is -0.123. The highest BCUT2D eigenvalue weighted by Crippen LogP contribution is 2.29. The van der Waals surface area contributed by atoms with Crippen LogP contribution in [-0.2, 0) is 20.7 Å². The minimum Gasteiger partial charge on any atom is -0.379 e. The standard InChI is InChI=1S/C16H20N2O3/c1-2-12-5-3-4-6-13(12)18-15(19)11-14(16(18)20)17-7-9-21-10-8-17/h3-6,14H,2,7-11H2,1H3/t14-/m0/s1. The second kappa shape index (κ2) is 5.95. The molecule has 0 aliphatic carbocycles. The van der Waals surface area contributed by atoms with Crippen molar-refractivity contribution in [3.05, 3.63) is 29.8 Å². The molecule has 2 amide bonds. The molecule has 0 saturated carbocycles. The molecule has 2 heterocycles. The Balaban J connectivity index is 1.86. The number of nitrogens with zero attached hydrogens (tertiary/aromatic N) is 2.